The van der Waals surface area contributed by atoms with Crippen molar-refractivity contribution in [2.24, 2.45) is 0 Å². The summed E-state index contributed by atoms with van der Waals surface area (Å²) in [4.78, 5) is 3.90. The molecule has 1 aromatic rings. The number of ether oxygens (including phenoxy) is 1. The molecule has 0 atom stereocenters. The first-order chi connectivity index (χ1) is 7.34. The van der Waals surface area contributed by atoms with E-state index in [9.17, 15) is 0 Å². The van der Waals surface area contributed by atoms with E-state index in [4.69, 9.17) is 16.3 Å². The number of anilines is 1. The summed E-state index contributed by atoms with van der Waals surface area (Å²) >= 11 is 5.91. The van der Waals surface area contributed by atoms with E-state index < -0.39 is 0 Å². The Hall–Kier alpha value is -1.06. The van der Waals surface area contributed by atoms with Crippen molar-refractivity contribution in [1.82, 2.24) is 4.98 Å². The number of hydrogen-bond donors (Lipinski definition) is 1. The lowest BCUT2D eigenvalue weighted by molar-refractivity contribution is 0.149. The van der Waals surface area contributed by atoms with Crippen LogP contribution in [0.4, 0.5) is 5.69 Å². The van der Waals surface area contributed by atoms with Gasteiger partial charge in [0.25, 0.3) is 0 Å². The van der Waals surface area contributed by atoms with Crippen molar-refractivity contribution in [3.63, 3.8) is 0 Å². The fourth-order valence-electron chi connectivity index (χ4n) is 1.05. The molecule has 1 rings (SSSR count). The van der Waals surface area contributed by atoms with Crippen LogP contribution in [-0.2, 0) is 4.74 Å². The summed E-state index contributed by atoms with van der Waals surface area (Å²) in [5.74, 6) is 0. The average molecular weight is 227 g/mol. The molecule has 0 unspecified atom stereocenters. The first kappa shape index (κ1) is 12.0. The molecule has 1 N–H and O–H groups in total. The van der Waals surface area contributed by atoms with Crippen molar-refractivity contribution in [2.45, 2.75) is 6.42 Å². The molecule has 82 valence electrons. The molecule has 0 aliphatic rings. The van der Waals surface area contributed by atoms with E-state index in [1.165, 1.54) is 0 Å². The van der Waals surface area contributed by atoms with Gasteiger partial charge in [-0.15, -0.1) is 6.58 Å². The van der Waals surface area contributed by atoms with Gasteiger partial charge in [0.15, 0.2) is 0 Å². The van der Waals surface area contributed by atoms with E-state index in [0.29, 0.717) is 11.6 Å². The van der Waals surface area contributed by atoms with E-state index in [1.807, 2.05) is 12.1 Å². The first-order valence-corrected chi connectivity index (χ1v) is 5.24. The van der Waals surface area contributed by atoms with Gasteiger partial charge in [-0.2, -0.15) is 0 Å². The highest BCUT2D eigenvalue weighted by atomic mass is 35.5. The van der Waals surface area contributed by atoms with Crippen LogP contribution in [0.3, 0.4) is 0 Å². The monoisotopic (exact) mass is 226 g/mol. The number of nitrogens with zero attached hydrogens (tertiary/aromatic N) is 1. The van der Waals surface area contributed by atoms with E-state index in [0.717, 1.165) is 25.3 Å². The van der Waals surface area contributed by atoms with E-state index >= 15 is 0 Å². The van der Waals surface area contributed by atoms with Gasteiger partial charge >= 0.3 is 0 Å². The van der Waals surface area contributed by atoms with E-state index in [1.54, 1.807) is 12.4 Å². The molecular weight excluding hydrogens is 212 g/mol. The van der Waals surface area contributed by atoms with E-state index in [2.05, 4.69) is 16.9 Å². The van der Waals surface area contributed by atoms with Gasteiger partial charge in [-0.3, -0.25) is 4.98 Å². The highest BCUT2D eigenvalue weighted by Crippen LogP contribution is 2.18. The van der Waals surface area contributed by atoms with E-state index in [-0.39, 0.29) is 0 Å². The number of halogens is 1. The molecular formula is C11H15ClN2O. The molecule has 0 amide bonds. The smallest absolute Gasteiger partial charge is 0.0820 e. The minimum atomic E-state index is 0.628. The summed E-state index contributed by atoms with van der Waals surface area (Å²) < 4.78 is 5.34. The number of pyridine rings is 1. The molecule has 0 fully saturated rings. The Labute approximate surface area is 95.1 Å². The Morgan fingerprint density at radius 3 is 3.13 bits per heavy atom. The zero-order valence-electron chi connectivity index (χ0n) is 8.58. The third kappa shape index (κ3) is 4.81. The number of rotatable bonds is 7. The van der Waals surface area contributed by atoms with Crippen molar-refractivity contribution in [3.8, 4) is 0 Å². The fourth-order valence-corrected chi connectivity index (χ4v) is 1.23. The van der Waals surface area contributed by atoms with Gasteiger partial charge in [0.1, 0.15) is 0 Å². The minimum absolute atomic E-state index is 0.628. The van der Waals surface area contributed by atoms with Gasteiger partial charge in [0, 0.05) is 18.9 Å². The summed E-state index contributed by atoms with van der Waals surface area (Å²) in [7, 11) is 0. The molecule has 0 aromatic carbocycles. The Balaban J connectivity index is 2.15. The van der Waals surface area contributed by atoms with Crippen molar-refractivity contribution in [1.29, 1.82) is 0 Å². The quantitative estimate of drug-likeness (QED) is 0.574. The molecule has 0 bridgehead atoms. The van der Waals surface area contributed by atoms with Crippen LogP contribution in [-0.4, -0.2) is 24.7 Å². The third-order valence-corrected chi connectivity index (χ3v) is 2.10. The lowest BCUT2D eigenvalue weighted by atomic mass is 10.4. The zero-order valence-corrected chi connectivity index (χ0v) is 9.33. The van der Waals surface area contributed by atoms with Crippen LogP contribution in [0.2, 0.25) is 5.02 Å². The number of nitrogens with one attached hydrogen (secondary N) is 1. The van der Waals surface area contributed by atoms with Gasteiger partial charge in [-0.05, 0) is 12.5 Å². The second-order valence-corrected chi connectivity index (χ2v) is 3.38. The Morgan fingerprint density at radius 1 is 1.53 bits per heavy atom. The Morgan fingerprint density at radius 2 is 2.40 bits per heavy atom. The van der Waals surface area contributed by atoms with Crippen LogP contribution in [0, 0.1) is 0 Å². The summed E-state index contributed by atoms with van der Waals surface area (Å²) in [6.45, 7) is 5.73. The van der Waals surface area contributed by atoms with Crippen molar-refractivity contribution in [2.75, 3.05) is 25.1 Å². The molecule has 4 heteroatoms. The van der Waals surface area contributed by atoms with Gasteiger partial charge in [-0.1, -0.05) is 17.7 Å². The predicted molar refractivity (Wildman–Crippen MR) is 63.4 cm³/mol. The highest BCUT2D eigenvalue weighted by molar-refractivity contribution is 6.33. The topological polar surface area (TPSA) is 34.1 Å². The molecule has 3 nitrogen and oxygen atoms in total. The SMILES string of the molecule is C=CCCOCCNc1ccncc1Cl. The van der Waals surface area contributed by atoms with Crippen LogP contribution >= 0.6 is 11.6 Å². The normalized spacial score (nSPS) is 9.93. The summed E-state index contributed by atoms with van der Waals surface area (Å²) in [5.41, 5.74) is 0.888. The lowest BCUT2D eigenvalue weighted by Crippen LogP contribution is -2.10. The standard InChI is InChI=1S/C11H15ClN2O/c1-2-3-7-15-8-6-14-11-4-5-13-9-10(11)12/h2,4-5,9H,1,3,6-8H2,(H,13,14). The molecule has 1 aromatic heterocycles. The summed E-state index contributed by atoms with van der Waals surface area (Å²) in [6, 6.07) is 1.84. The fraction of sp³-hybridized carbons (Fsp3) is 0.364. The molecule has 0 aliphatic heterocycles. The lowest BCUT2D eigenvalue weighted by Gasteiger charge is -2.07. The van der Waals surface area contributed by atoms with Crippen molar-refractivity contribution < 1.29 is 4.74 Å². The number of hydrogen-bond acceptors (Lipinski definition) is 3. The average Bonchev–Trinajstić information content (AvgIpc) is 2.25. The molecule has 0 spiro atoms. The van der Waals surface area contributed by atoms with Crippen LogP contribution in [0.15, 0.2) is 31.1 Å². The van der Waals surface area contributed by atoms with Crippen LogP contribution in [0.1, 0.15) is 6.42 Å². The summed E-state index contributed by atoms with van der Waals surface area (Å²) in [6.07, 6.45) is 6.04. The van der Waals surface area contributed by atoms with Crippen molar-refractivity contribution >= 4 is 17.3 Å². The van der Waals surface area contributed by atoms with Crippen LogP contribution in [0.25, 0.3) is 0 Å². The van der Waals surface area contributed by atoms with Crippen LogP contribution in [0.5, 0.6) is 0 Å². The van der Waals surface area contributed by atoms with Gasteiger partial charge in [-0.25, -0.2) is 0 Å². The second-order valence-electron chi connectivity index (χ2n) is 2.97. The molecule has 0 aliphatic carbocycles. The van der Waals surface area contributed by atoms with Gasteiger partial charge in [0.2, 0.25) is 0 Å². The molecule has 0 saturated carbocycles. The first-order valence-electron chi connectivity index (χ1n) is 4.86. The second kappa shape index (κ2) is 7.26. The maximum Gasteiger partial charge on any atom is 0.0820 e. The molecule has 0 radical (unpaired) electrons. The van der Waals surface area contributed by atoms with Crippen LogP contribution < -0.4 is 5.32 Å². The third-order valence-electron chi connectivity index (χ3n) is 1.80. The minimum Gasteiger partial charge on any atom is -0.381 e. The molecule has 15 heavy (non-hydrogen) atoms. The summed E-state index contributed by atoms with van der Waals surface area (Å²) in [5, 5.41) is 3.80. The number of aromatic nitrogens is 1. The molecule has 0 saturated heterocycles. The highest BCUT2D eigenvalue weighted by Gasteiger charge is 1.97. The zero-order chi connectivity index (χ0) is 10.9. The maximum atomic E-state index is 5.91. The van der Waals surface area contributed by atoms with Gasteiger partial charge in [0.05, 0.1) is 23.9 Å². The maximum absolute atomic E-state index is 5.91. The molecule has 1 heterocycles. The Kier molecular flexibility index (Phi) is 5.81. The Bertz CT molecular complexity index is 304. The largest absolute Gasteiger partial charge is 0.381 e. The van der Waals surface area contributed by atoms with Gasteiger partial charge < -0.3 is 10.1 Å². The van der Waals surface area contributed by atoms with Crippen molar-refractivity contribution in [3.05, 3.63) is 36.1 Å². The predicted octanol–water partition coefficient (Wildman–Crippen LogP) is 2.74.